The van der Waals surface area contributed by atoms with Crippen LogP contribution in [0.2, 0.25) is 5.02 Å². The van der Waals surface area contributed by atoms with Gasteiger partial charge in [0.1, 0.15) is 6.07 Å². The molecule has 0 amide bonds. The molecule has 100 valence electrons. The summed E-state index contributed by atoms with van der Waals surface area (Å²) in [7, 11) is 0. The van der Waals surface area contributed by atoms with Gasteiger partial charge in [-0.15, -0.1) is 0 Å². The van der Waals surface area contributed by atoms with Crippen LogP contribution in [0, 0.1) is 11.3 Å². The number of hydrogen-bond donors (Lipinski definition) is 2. The molecule has 0 saturated carbocycles. The summed E-state index contributed by atoms with van der Waals surface area (Å²) in [5.41, 5.74) is 1.90. The molecule has 0 aliphatic carbocycles. The molecule has 1 heterocycles. The minimum atomic E-state index is -1.02. The quantitative estimate of drug-likeness (QED) is 0.903. The Kier molecular flexibility index (Phi) is 4.18. The highest BCUT2D eigenvalue weighted by molar-refractivity contribution is 6.30. The van der Waals surface area contributed by atoms with Crippen LogP contribution in [-0.4, -0.2) is 16.1 Å². The Labute approximate surface area is 120 Å². The van der Waals surface area contributed by atoms with Crippen molar-refractivity contribution in [1.29, 1.82) is 5.26 Å². The van der Waals surface area contributed by atoms with Crippen molar-refractivity contribution in [2.45, 2.75) is 6.54 Å². The number of aromatic carboxylic acids is 1. The van der Waals surface area contributed by atoms with Gasteiger partial charge in [-0.25, -0.2) is 4.79 Å². The molecule has 0 atom stereocenters. The molecule has 20 heavy (non-hydrogen) atoms. The fourth-order valence-corrected chi connectivity index (χ4v) is 1.77. The predicted molar refractivity (Wildman–Crippen MR) is 74.7 cm³/mol. The third kappa shape index (κ3) is 3.25. The van der Waals surface area contributed by atoms with E-state index in [2.05, 4.69) is 16.4 Å². The number of carboxylic acids is 1. The summed E-state index contributed by atoms with van der Waals surface area (Å²) >= 11 is 5.88. The second-order valence-electron chi connectivity index (χ2n) is 4.00. The number of nitriles is 1. The predicted octanol–water partition coefficient (Wildman–Crippen LogP) is 2.92. The second kappa shape index (κ2) is 6.04. The maximum absolute atomic E-state index is 10.7. The van der Waals surface area contributed by atoms with Crippen molar-refractivity contribution in [3.05, 3.63) is 58.4 Å². The van der Waals surface area contributed by atoms with E-state index in [0.717, 1.165) is 0 Å². The molecule has 0 fully saturated rings. The van der Waals surface area contributed by atoms with Gasteiger partial charge >= 0.3 is 5.97 Å². The van der Waals surface area contributed by atoms with E-state index in [1.165, 1.54) is 12.3 Å². The molecule has 2 N–H and O–H groups in total. The Morgan fingerprint density at radius 3 is 2.80 bits per heavy atom. The van der Waals surface area contributed by atoms with Crippen LogP contribution < -0.4 is 5.32 Å². The van der Waals surface area contributed by atoms with E-state index in [1.807, 2.05) is 0 Å². The van der Waals surface area contributed by atoms with Crippen molar-refractivity contribution in [3.8, 4) is 6.07 Å². The fourth-order valence-electron chi connectivity index (χ4n) is 1.60. The summed E-state index contributed by atoms with van der Waals surface area (Å²) in [5, 5.41) is 21.3. The molecule has 2 aromatic rings. The Bertz CT molecular complexity index is 678. The number of rotatable bonds is 4. The minimum Gasteiger partial charge on any atom is -0.478 e. The van der Waals surface area contributed by atoms with Crippen molar-refractivity contribution >= 4 is 23.3 Å². The standard InChI is InChI=1S/C14H10ClN3O2/c15-11-3-1-9(6-16)13(5-11)18-8-12-4-2-10(7-17-12)14(19)20/h1-5,7,18H,8H2,(H,19,20). The summed E-state index contributed by atoms with van der Waals surface area (Å²) in [6, 6.07) is 10.1. The number of carbonyl (C=O) groups is 1. The third-order valence-electron chi connectivity index (χ3n) is 2.63. The Morgan fingerprint density at radius 2 is 2.20 bits per heavy atom. The van der Waals surface area contributed by atoms with E-state index >= 15 is 0 Å². The summed E-state index contributed by atoms with van der Waals surface area (Å²) in [5.74, 6) is -1.02. The van der Waals surface area contributed by atoms with Crippen molar-refractivity contribution in [2.24, 2.45) is 0 Å². The van der Waals surface area contributed by atoms with Crippen LogP contribution in [0.4, 0.5) is 5.69 Å². The van der Waals surface area contributed by atoms with Crippen molar-refractivity contribution in [2.75, 3.05) is 5.32 Å². The summed E-state index contributed by atoms with van der Waals surface area (Å²) in [4.78, 5) is 14.7. The van der Waals surface area contributed by atoms with Gasteiger partial charge in [0.25, 0.3) is 0 Å². The van der Waals surface area contributed by atoms with Gasteiger partial charge in [0.15, 0.2) is 0 Å². The van der Waals surface area contributed by atoms with Crippen LogP contribution in [0.3, 0.4) is 0 Å². The van der Waals surface area contributed by atoms with E-state index in [1.54, 1.807) is 24.3 Å². The van der Waals surface area contributed by atoms with Crippen LogP contribution in [0.1, 0.15) is 21.6 Å². The number of nitrogens with zero attached hydrogens (tertiary/aromatic N) is 2. The molecule has 0 aliphatic heterocycles. The number of halogens is 1. The molecule has 0 radical (unpaired) electrons. The molecule has 0 spiro atoms. The van der Waals surface area contributed by atoms with Gasteiger partial charge in [0.05, 0.1) is 29.1 Å². The van der Waals surface area contributed by atoms with Gasteiger partial charge < -0.3 is 10.4 Å². The Morgan fingerprint density at radius 1 is 1.40 bits per heavy atom. The van der Waals surface area contributed by atoms with Gasteiger partial charge in [0.2, 0.25) is 0 Å². The minimum absolute atomic E-state index is 0.134. The zero-order valence-corrected chi connectivity index (χ0v) is 11.1. The smallest absolute Gasteiger partial charge is 0.337 e. The zero-order valence-electron chi connectivity index (χ0n) is 10.3. The number of hydrogen-bond acceptors (Lipinski definition) is 4. The van der Waals surface area contributed by atoms with Crippen molar-refractivity contribution < 1.29 is 9.90 Å². The number of carboxylic acid groups (broad SMARTS) is 1. The van der Waals surface area contributed by atoms with Crippen LogP contribution in [0.5, 0.6) is 0 Å². The SMILES string of the molecule is N#Cc1ccc(Cl)cc1NCc1ccc(C(=O)O)cn1. The molecule has 6 heteroatoms. The number of aromatic nitrogens is 1. The lowest BCUT2D eigenvalue weighted by molar-refractivity contribution is 0.0696. The Balaban J connectivity index is 2.11. The summed E-state index contributed by atoms with van der Waals surface area (Å²) in [6.45, 7) is 0.370. The topological polar surface area (TPSA) is 86.0 Å². The molecular weight excluding hydrogens is 278 g/mol. The third-order valence-corrected chi connectivity index (χ3v) is 2.87. The van der Waals surface area contributed by atoms with Crippen LogP contribution in [0.15, 0.2) is 36.5 Å². The van der Waals surface area contributed by atoms with Crippen molar-refractivity contribution in [1.82, 2.24) is 4.98 Å². The average molecular weight is 288 g/mol. The molecule has 2 rings (SSSR count). The number of pyridine rings is 1. The summed E-state index contributed by atoms with van der Waals surface area (Å²) < 4.78 is 0. The molecular formula is C14H10ClN3O2. The molecule has 0 bridgehead atoms. The van der Waals surface area contributed by atoms with Gasteiger partial charge in [-0.2, -0.15) is 5.26 Å². The highest BCUT2D eigenvalue weighted by atomic mass is 35.5. The first-order valence-corrected chi connectivity index (χ1v) is 6.09. The van der Waals surface area contributed by atoms with Crippen LogP contribution in [0.25, 0.3) is 0 Å². The highest BCUT2D eigenvalue weighted by Crippen LogP contribution is 2.20. The lowest BCUT2D eigenvalue weighted by Crippen LogP contribution is -2.04. The summed E-state index contributed by atoms with van der Waals surface area (Å²) in [6.07, 6.45) is 1.29. The zero-order chi connectivity index (χ0) is 14.5. The van der Waals surface area contributed by atoms with Crippen LogP contribution in [-0.2, 0) is 6.54 Å². The first-order chi connectivity index (χ1) is 9.60. The molecule has 5 nitrogen and oxygen atoms in total. The molecule has 0 aliphatic rings. The van der Waals surface area contributed by atoms with Gasteiger partial charge in [-0.3, -0.25) is 4.98 Å². The molecule has 0 unspecified atom stereocenters. The number of benzene rings is 1. The van der Waals surface area contributed by atoms with E-state index in [-0.39, 0.29) is 5.56 Å². The van der Waals surface area contributed by atoms with Gasteiger partial charge in [0, 0.05) is 11.2 Å². The molecule has 1 aromatic carbocycles. The molecule has 1 aromatic heterocycles. The molecule has 0 saturated heterocycles. The fraction of sp³-hybridized carbons (Fsp3) is 0.0714. The van der Waals surface area contributed by atoms with Crippen molar-refractivity contribution in [3.63, 3.8) is 0 Å². The second-order valence-corrected chi connectivity index (χ2v) is 4.44. The lowest BCUT2D eigenvalue weighted by atomic mass is 10.2. The largest absolute Gasteiger partial charge is 0.478 e. The highest BCUT2D eigenvalue weighted by Gasteiger charge is 2.05. The van der Waals surface area contributed by atoms with Crippen LogP contribution >= 0.6 is 11.6 Å². The lowest BCUT2D eigenvalue weighted by Gasteiger charge is -2.08. The van der Waals surface area contributed by atoms with E-state index < -0.39 is 5.97 Å². The monoisotopic (exact) mass is 287 g/mol. The van der Waals surface area contributed by atoms with E-state index in [9.17, 15) is 4.79 Å². The van der Waals surface area contributed by atoms with E-state index in [0.29, 0.717) is 28.5 Å². The first kappa shape index (κ1) is 13.8. The maximum atomic E-state index is 10.7. The van der Waals surface area contributed by atoms with Gasteiger partial charge in [-0.1, -0.05) is 11.6 Å². The van der Waals surface area contributed by atoms with Gasteiger partial charge in [-0.05, 0) is 30.3 Å². The normalized spacial score (nSPS) is 9.80. The average Bonchev–Trinajstić information content (AvgIpc) is 2.45. The number of nitrogens with one attached hydrogen (secondary N) is 1. The maximum Gasteiger partial charge on any atom is 0.337 e. The first-order valence-electron chi connectivity index (χ1n) is 5.72. The number of anilines is 1. The van der Waals surface area contributed by atoms with E-state index in [4.69, 9.17) is 22.0 Å². The Hall–Kier alpha value is -2.58.